The van der Waals surface area contributed by atoms with Crippen LogP contribution in [-0.2, 0) is 0 Å². The van der Waals surface area contributed by atoms with Gasteiger partial charge in [-0.25, -0.2) is 4.39 Å². The van der Waals surface area contributed by atoms with Crippen LogP contribution in [0.1, 0.15) is 50.0 Å². The molecule has 1 fully saturated rings. The Labute approximate surface area is 108 Å². The smallest absolute Gasteiger partial charge is 0.126 e. The van der Waals surface area contributed by atoms with Gasteiger partial charge >= 0.3 is 0 Å². The lowest BCUT2D eigenvalue weighted by Gasteiger charge is -2.25. The standard InChI is InChI=1S/C15H20ClF/c16-11-14(12-7-3-1-2-4-8-12)13-9-5-6-10-15(13)17/h5-6,9-10,12,14H,1-4,7-8,11H2. The largest absolute Gasteiger partial charge is 0.207 e. The molecule has 0 nitrogen and oxygen atoms in total. The van der Waals surface area contributed by atoms with Gasteiger partial charge in [-0.15, -0.1) is 11.6 Å². The normalized spacial score (nSPS) is 19.9. The molecule has 1 atom stereocenters. The third kappa shape index (κ3) is 3.22. The molecular weight excluding hydrogens is 235 g/mol. The van der Waals surface area contributed by atoms with Crippen LogP contribution in [0.2, 0.25) is 0 Å². The molecule has 2 heteroatoms. The van der Waals surface area contributed by atoms with Crippen LogP contribution in [0, 0.1) is 11.7 Å². The first-order chi connectivity index (χ1) is 8.33. The Kier molecular flexibility index (Phi) is 4.85. The number of rotatable bonds is 3. The third-order valence-electron chi connectivity index (χ3n) is 3.94. The van der Waals surface area contributed by atoms with Crippen LogP contribution >= 0.6 is 11.6 Å². The quantitative estimate of drug-likeness (QED) is 0.519. The highest BCUT2D eigenvalue weighted by molar-refractivity contribution is 6.18. The molecule has 0 aliphatic heterocycles. The van der Waals surface area contributed by atoms with Gasteiger partial charge in [0.1, 0.15) is 5.82 Å². The minimum atomic E-state index is -0.0950. The lowest BCUT2D eigenvalue weighted by Crippen LogP contribution is -2.15. The third-order valence-corrected chi connectivity index (χ3v) is 4.27. The van der Waals surface area contributed by atoms with Gasteiger partial charge in [-0.1, -0.05) is 43.9 Å². The van der Waals surface area contributed by atoms with Crippen molar-refractivity contribution < 1.29 is 4.39 Å². The van der Waals surface area contributed by atoms with E-state index in [0.29, 0.717) is 11.8 Å². The van der Waals surface area contributed by atoms with E-state index in [2.05, 4.69) is 0 Å². The van der Waals surface area contributed by atoms with Gasteiger partial charge in [0.15, 0.2) is 0 Å². The SMILES string of the molecule is Fc1ccccc1C(CCl)C1CCCCCC1. The molecule has 94 valence electrons. The highest BCUT2D eigenvalue weighted by Crippen LogP contribution is 2.36. The van der Waals surface area contributed by atoms with Gasteiger partial charge in [-0.05, 0) is 30.4 Å². The average molecular weight is 255 g/mol. The number of alkyl halides is 1. The zero-order chi connectivity index (χ0) is 12.1. The summed E-state index contributed by atoms with van der Waals surface area (Å²) in [5, 5.41) is 0. The first-order valence-corrected chi connectivity index (χ1v) is 7.16. The fourth-order valence-corrected chi connectivity index (χ4v) is 3.37. The van der Waals surface area contributed by atoms with Crippen LogP contribution in [-0.4, -0.2) is 5.88 Å². The second-order valence-electron chi connectivity index (χ2n) is 5.03. The molecule has 0 amide bonds. The van der Waals surface area contributed by atoms with E-state index in [-0.39, 0.29) is 11.7 Å². The molecule has 1 unspecified atom stereocenters. The summed E-state index contributed by atoms with van der Waals surface area (Å²) in [6.45, 7) is 0. The number of halogens is 2. The van der Waals surface area contributed by atoms with Gasteiger partial charge in [-0.3, -0.25) is 0 Å². The van der Waals surface area contributed by atoms with E-state index in [4.69, 9.17) is 11.6 Å². The highest BCUT2D eigenvalue weighted by atomic mass is 35.5. The van der Waals surface area contributed by atoms with Crippen molar-refractivity contribution in [3.63, 3.8) is 0 Å². The fourth-order valence-electron chi connectivity index (χ4n) is 2.95. The average Bonchev–Trinajstić information content (AvgIpc) is 2.62. The van der Waals surface area contributed by atoms with E-state index in [9.17, 15) is 4.39 Å². The zero-order valence-electron chi connectivity index (χ0n) is 10.2. The summed E-state index contributed by atoms with van der Waals surface area (Å²) in [5.41, 5.74) is 0.814. The minimum Gasteiger partial charge on any atom is -0.207 e. The number of hydrogen-bond acceptors (Lipinski definition) is 0. The Bertz CT molecular complexity index is 343. The van der Waals surface area contributed by atoms with Crippen LogP contribution in [0.15, 0.2) is 24.3 Å². The van der Waals surface area contributed by atoms with E-state index in [1.807, 2.05) is 12.1 Å². The molecule has 0 bridgehead atoms. The second-order valence-corrected chi connectivity index (χ2v) is 5.34. The summed E-state index contributed by atoms with van der Waals surface area (Å²) >= 11 is 6.09. The van der Waals surface area contributed by atoms with Gasteiger partial charge in [0.2, 0.25) is 0 Å². The number of hydrogen-bond donors (Lipinski definition) is 0. The van der Waals surface area contributed by atoms with Gasteiger partial charge in [0.05, 0.1) is 0 Å². The molecule has 0 aromatic heterocycles. The Morgan fingerprint density at radius 1 is 1.12 bits per heavy atom. The van der Waals surface area contributed by atoms with E-state index < -0.39 is 0 Å². The predicted molar refractivity (Wildman–Crippen MR) is 71.1 cm³/mol. The lowest BCUT2D eigenvalue weighted by molar-refractivity contribution is 0.388. The molecule has 1 aliphatic rings. The molecule has 0 N–H and O–H groups in total. The Morgan fingerprint density at radius 2 is 1.76 bits per heavy atom. The molecule has 0 radical (unpaired) electrons. The highest BCUT2D eigenvalue weighted by Gasteiger charge is 2.25. The maximum atomic E-state index is 13.8. The minimum absolute atomic E-state index is 0.0950. The lowest BCUT2D eigenvalue weighted by atomic mass is 9.82. The van der Waals surface area contributed by atoms with Crippen molar-refractivity contribution in [2.24, 2.45) is 5.92 Å². The van der Waals surface area contributed by atoms with Crippen LogP contribution in [0.5, 0.6) is 0 Å². The molecular formula is C15H20ClF. The summed E-state index contributed by atoms with van der Waals surface area (Å²) in [6.07, 6.45) is 7.59. The van der Waals surface area contributed by atoms with Gasteiger partial charge in [0, 0.05) is 11.8 Å². The maximum Gasteiger partial charge on any atom is 0.126 e. The van der Waals surface area contributed by atoms with Crippen LogP contribution in [0.3, 0.4) is 0 Å². The van der Waals surface area contributed by atoms with Crippen molar-refractivity contribution in [2.75, 3.05) is 5.88 Å². The Balaban J connectivity index is 2.17. The molecule has 1 aromatic rings. The topological polar surface area (TPSA) is 0 Å². The van der Waals surface area contributed by atoms with Gasteiger partial charge in [0.25, 0.3) is 0 Å². The van der Waals surface area contributed by atoms with E-state index >= 15 is 0 Å². The number of benzene rings is 1. The second kappa shape index (κ2) is 6.39. The van der Waals surface area contributed by atoms with Crippen LogP contribution < -0.4 is 0 Å². The molecule has 0 heterocycles. The summed E-state index contributed by atoms with van der Waals surface area (Å²) < 4.78 is 13.8. The zero-order valence-corrected chi connectivity index (χ0v) is 10.9. The first-order valence-electron chi connectivity index (χ1n) is 6.63. The summed E-state index contributed by atoms with van der Waals surface area (Å²) in [7, 11) is 0. The summed E-state index contributed by atoms with van der Waals surface area (Å²) in [5.74, 6) is 1.19. The molecule has 1 saturated carbocycles. The van der Waals surface area contributed by atoms with Crippen molar-refractivity contribution >= 4 is 11.6 Å². The van der Waals surface area contributed by atoms with Crippen molar-refractivity contribution in [3.05, 3.63) is 35.6 Å². The van der Waals surface area contributed by atoms with E-state index in [1.54, 1.807) is 12.1 Å². The predicted octanol–water partition coefficient (Wildman–Crippen LogP) is 5.12. The van der Waals surface area contributed by atoms with Crippen molar-refractivity contribution in [1.29, 1.82) is 0 Å². The van der Waals surface area contributed by atoms with Gasteiger partial charge in [-0.2, -0.15) is 0 Å². The fraction of sp³-hybridized carbons (Fsp3) is 0.600. The van der Waals surface area contributed by atoms with Crippen molar-refractivity contribution in [3.8, 4) is 0 Å². The molecule has 1 aliphatic carbocycles. The van der Waals surface area contributed by atoms with Crippen LogP contribution in [0.4, 0.5) is 4.39 Å². The molecule has 0 spiro atoms. The Hall–Kier alpha value is -0.560. The first kappa shape index (κ1) is 12.9. The van der Waals surface area contributed by atoms with Gasteiger partial charge < -0.3 is 0 Å². The van der Waals surface area contributed by atoms with E-state index in [0.717, 1.165) is 5.56 Å². The van der Waals surface area contributed by atoms with E-state index in [1.165, 1.54) is 38.5 Å². The van der Waals surface area contributed by atoms with Crippen LogP contribution in [0.25, 0.3) is 0 Å². The van der Waals surface area contributed by atoms with Crippen molar-refractivity contribution in [2.45, 2.75) is 44.4 Å². The molecule has 1 aromatic carbocycles. The monoisotopic (exact) mass is 254 g/mol. The van der Waals surface area contributed by atoms with Crippen molar-refractivity contribution in [1.82, 2.24) is 0 Å². The summed E-state index contributed by atoms with van der Waals surface area (Å²) in [4.78, 5) is 0. The molecule has 17 heavy (non-hydrogen) atoms. The molecule has 0 saturated heterocycles. The summed E-state index contributed by atoms with van der Waals surface area (Å²) in [6, 6.07) is 7.10. The maximum absolute atomic E-state index is 13.8. The Morgan fingerprint density at radius 3 is 2.35 bits per heavy atom. The molecule has 2 rings (SSSR count).